The zero-order valence-electron chi connectivity index (χ0n) is 14.6. The average molecular weight is 445 g/mol. The van der Waals surface area contributed by atoms with Gasteiger partial charge in [0.15, 0.2) is 15.6 Å². The van der Waals surface area contributed by atoms with Crippen LogP contribution in [0.3, 0.4) is 0 Å². The number of aromatic nitrogens is 3. The zero-order valence-corrected chi connectivity index (χ0v) is 17.0. The molecule has 0 fully saturated rings. The maximum atomic E-state index is 13.1. The number of rotatable bonds is 6. The highest BCUT2D eigenvalue weighted by Crippen LogP contribution is 2.32. The van der Waals surface area contributed by atoms with Crippen LogP contribution < -0.4 is 4.90 Å². The van der Waals surface area contributed by atoms with Gasteiger partial charge in [-0.3, -0.25) is 9.69 Å². The van der Waals surface area contributed by atoms with Crippen molar-refractivity contribution in [3.8, 4) is 0 Å². The van der Waals surface area contributed by atoms with Gasteiger partial charge in [-0.15, -0.1) is 0 Å². The monoisotopic (exact) mass is 444 g/mol. The number of para-hydroxylation sites is 1. The number of thiazole rings is 1. The fourth-order valence-electron chi connectivity index (χ4n) is 2.87. The van der Waals surface area contributed by atoms with Crippen LogP contribution >= 0.6 is 27.3 Å². The molecule has 0 saturated carbocycles. The summed E-state index contributed by atoms with van der Waals surface area (Å²) in [5, 5.41) is 0.683. The number of carbonyl (C=O) groups excluding carboxylic acids is 1. The summed E-state index contributed by atoms with van der Waals surface area (Å²) in [6.45, 7) is 3.34. The van der Waals surface area contributed by atoms with E-state index < -0.39 is 0 Å². The molecule has 0 N–H and O–H groups in total. The van der Waals surface area contributed by atoms with Crippen LogP contribution in [0.2, 0.25) is 0 Å². The number of halogens is 1. The van der Waals surface area contributed by atoms with E-state index in [1.165, 1.54) is 11.3 Å². The fourth-order valence-corrected chi connectivity index (χ4v) is 4.24. The number of fused-ring (bicyclic) bond motifs is 1. The zero-order chi connectivity index (χ0) is 18.8. The topological polar surface area (TPSA) is 64.2 Å². The minimum atomic E-state index is -0.192. The molecule has 0 aliphatic rings. The lowest BCUT2D eigenvalue weighted by atomic mass is 10.2. The van der Waals surface area contributed by atoms with Gasteiger partial charge in [-0.05, 0) is 53.0 Å². The molecule has 3 heterocycles. The number of aryl methyl sites for hydroxylation is 2. The predicted molar refractivity (Wildman–Crippen MR) is 109 cm³/mol. The van der Waals surface area contributed by atoms with Gasteiger partial charge in [0, 0.05) is 25.5 Å². The lowest BCUT2D eigenvalue weighted by molar-refractivity contribution is 0.0958. The molecular formula is C19H17BrN4O2S. The second-order valence-electron chi connectivity index (χ2n) is 6.13. The Hall–Kier alpha value is -2.45. The van der Waals surface area contributed by atoms with Crippen LogP contribution in [-0.2, 0) is 6.54 Å². The van der Waals surface area contributed by atoms with Gasteiger partial charge in [-0.25, -0.2) is 9.97 Å². The Morgan fingerprint density at radius 2 is 2.22 bits per heavy atom. The maximum absolute atomic E-state index is 13.1. The van der Waals surface area contributed by atoms with Crippen LogP contribution in [0.15, 0.2) is 58.1 Å². The molecule has 0 unspecified atom stereocenters. The SMILES string of the molecule is Cc1cccc2sc(N(CCCn3ccnc3)C(=O)c3ccc(Br)o3)nc12. The van der Waals surface area contributed by atoms with E-state index >= 15 is 0 Å². The third-order valence-electron chi connectivity index (χ3n) is 4.23. The second kappa shape index (κ2) is 7.66. The van der Waals surface area contributed by atoms with Crippen LogP contribution in [0.25, 0.3) is 10.2 Å². The second-order valence-corrected chi connectivity index (χ2v) is 7.92. The first-order valence-electron chi connectivity index (χ1n) is 8.51. The number of carbonyl (C=O) groups is 1. The quantitative estimate of drug-likeness (QED) is 0.424. The number of benzene rings is 1. The van der Waals surface area contributed by atoms with Crippen molar-refractivity contribution >= 4 is 48.5 Å². The summed E-state index contributed by atoms with van der Waals surface area (Å²) in [7, 11) is 0. The van der Waals surface area contributed by atoms with Crippen LogP contribution in [0.1, 0.15) is 22.5 Å². The summed E-state index contributed by atoms with van der Waals surface area (Å²) in [4.78, 5) is 23.6. The van der Waals surface area contributed by atoms with E-state index in [1.54, 1.807) is 29.6 Å². The molecule has 8 heteroatoms. The molecule has 0 bridgehead atoms. The lowest BCUT2D eigenvalue weighted by Crippen LogP contribution is -2.32. The van der Waals surface area contributed by atoms with Crippen LogP contribution in [0.4, 0.5) is 5.13 Å². The summed E-state index contributed by atoms with van der Waals surface area (Å²) in [5.41, 5.74) is 2.03. The van der Waals surface area contributed by atoms with Gasteiger partial charge >= 0.3 is 0 Å². The standard InChI is InChI=1S/C19H17BrN4O2S/c1-13-4-2-5-15-17(13)22-19(27-15)24(10-3-9-23-11-8-21-12-23)18(25)14-6-7-16(20)26-14/h2,4-8,11-12H,3,9-10H2,1H3. The molecule has 138 valence electrons. The van der Waals surface area contributed by atoms with E-state index in [2.05, 4.69) is 20.9 Å². The fraction of sp³-hybridized carbons (Fsp3) is 0.211. The van der Waals surface area contributed by atoms with E-state index in [1.807, 2.05) is 35.9 Å². The molecule has 0 radical (unpaired) electrons. The van der Waals surface area contributed by atoms with Crippen molar-refractivity contribution in [2.45, 2.75) is 19.9 Å². The first-order valence-corrected chi connectivity index (χ1v) is 10.1. The molecule has 4 aromatic rings. The lowest BCUT2D eigenvalue weighted by Gasteiger charge is -2.18. The summed E-state index contributed by atoms with van der Waals surface area (Å²) in [6.07, 6.45) is 6.21. The first kappa shape index (κ1) is 17.9. The van der Waals surface area contributed by atoms with Crippen molar-refractivity contribution in [1.29, 1.82) is 0 Å². The van der Waals surface area contributed by atoms with Crippen LogP contribution in [0.5, 0.6) is 0 Å². The number of amides is 1. The van der Waals surface area contributed by atoms with Crippen molar-refractivity contribution in [3.63, 3.8) is 0 Å². The molecule has 0 atom stereocenters. The van der Waals surface area contributed by atoms with E-state index in [0.717, 1.165) is 28.7 Å². The highest BCUT2D eigenvalue weighted by molar-refractivity contribution is 9.10. The largest absolute Gasteiger partial charge is 0.444 e. The molecule has 1 aromatic carbocycles. The highest BCUT2D eigenvalue weighted by Gasteiger charge is 2.24. The van der Waals surface area contributed by atoms with Gasteiger partial charge in [0.25, 0.3) is 5.91 Å². The molecule has 1 amide bonds. The molecule has 4 rings (SSSR count). The Morgan fingerprint density at radius 1 is 1.33 bits per heavy atom. The minimum Gasteiger partial charge on any atom is -0.444 e. The van der Waals surface area contributed by atoms with Crippen molar-refractivity contribution in [1.82, 2.24) is 14.5 Å². The van der Waals surface area contributed by atoms with Gasteiger partial charge in [0.2, 0.25) is 0 Å². The van der Waals surface area contributed by atoms with Gasteiger partial charge < -0.3 is 8.98 Å². The van der Waals surface area contributed by atoms with E-state index in [-0.39, 0.29) is 5.91 Å². The number of anilines is 1. The van der Waals surface area contributed by atoms with E-state index in [0.29, 0.717) is 22.1 Å². The smallest absolute Gasteiger partial charge is 0.295 e. The van der Waals surface area contributed by atoms with Crippen molar-refractivity contribution in [3.05, 3.63) is 65.0 Å². The molecule has 0 spiro atoms. The Labute approximate surface area is 168 Å². The maximum Gasteiger partial charge on any atom is 0.295 e. The summed E-state index contributed by atoms with van der Waals surface area (Å²) >= 11 is 4.78. The number of furan rings is 1. The molecule has 0 aliphatic carbocycles. The molecule has 0 saturated heterocycles. The predicted octanol–water partition coefficient (Wildman–Crippen LogP) is 4.89. The number of hydrogen-bond acceptors (Lipinski definition) is 5. The summed E-state index contributed by atoms with van der Waals surface area (Å²) in [6, 6.07) is 9.46. The van der Waals surface area contributed by atoms with Crippen molar-refractivity contribution in [2.24, 2.45) is 0 Å². The minimum absolute atomic E-state index is 0.192. The molecule has 6 nitrogen and oxygen atoms in total. The Bertz CT molecular complexity index is 1070. The number of imidazole rings is 1. The average Bonchev–Trinajstić information content (AvgIpc) is 3.39. The Morgan fingerprint density at radius 3 is 2.93 bits per heavy atom. The summed E-state index contributed by atoms with van der Waals surface area (Å²) < 4.78 is 9.08. The summed E-state index contributed by atoms with van der Waals surface area (Å²) in [5.74, 6) is 0.100. The normalized spacial score (nSPS) is 11.2. The molecular weight excluding hydrogens is 428 g/mol. The van der Waals surface area contributed by atoms with E-state index in [9.17, 15) is 4.79 Å². The highest BCUT2D eigenvalue weighted by atomic mass is 79.9. The van der Waals surface area contributed by atoms with Crippen LogP contribution in [0, 0.1) is 6.92 Å². The van der Waals surface area contributed by atoms with Gasteiger partial charge in [0.1, 0.15) is 0 Å². The van der Waals surface area contributed by atoms with E-state index in [4.69, 9.17) is 9.40 Å². The first-order chi connectivity index (χ1) is 13.1. The number of hydrogen-bond donors (Lipinski definition) is 0. The molecule has 27 heavy (non-hydrogen) atoms. The third kappa shape index (κ3) is 3.81. The Kier molecular flexibility index (Phi) is 5.09. The number of nitrogens with zero attached hydrogens (tertiary/aromatic N) is 4. The molecule has 3 aromatic heterocycles. The van der Waals surface area contributed by atoms with Gasteiger partial charge in [0.05, 0.1) is 16.5 Å². The van der Waals surface area contributed by atoms with Crippen LogP contribution in [-0.4, -0.2) is 27.0 Å². The molecule has 0 aliphatic heterocycles. The van der Waals surface area contributed by atoms with Gasteiger partial charge in [-0.1, -0.05) is 23.5 Å². The van der Waals surface area contributed by atoms with Gasteiger partial charge in [-0.2, -0.15) is 0 Å². The van der Waals surface area contributed by atoms with Crippen molar-refractivity contribution < 1.29 is 9.21 Å². The van der Waals surface area contributed by atoms with Crippen molar-refractivity contribution in [2.75, 3.05) is 11.4 Å². The Balaban J connectivity index is 1.63. The third-order valence-corrected chi connectivity index (χ3v) is 5.70.